The van der Waals surface area contributed by atoms with Crippen molar-refractivity contribution in [3.8, 4) is 0 Å². The molecular formula is C14H18N2O. The van der Waals surface area contributed by atoms with Crippen molar-refractivity contribution < 1.29 is 4.79 Å². The molecule has 3 nitrogen and oxygen atoms in total. The number of fused-ring (bicyclic) bond motifs is 2. The molecule has 0 saturated heterocycles. The molecule has 17 heavy (non-hydrogen) atoms. The molecule has 2 saturated carbocycles. The van der Waals surface area contributed by atoms with Crippen LogP contribution in [0.3, 0.4) is 0 Å². The third-order valence-electron chi connectivity index (χ3n) is 4.48. The Bertz CT molecular complexity index is 438. The number of carbonyl (C=O) groups excluding carboxylic acids is 1. The molecule has 0 aliphatic heterocycles. The third-order valence-corrected chi connectivity index (χ3v) is 4.48. The smallest absolute Gasteiger partial charge is 0.169 e. The fourth-order valence-corrected chi connectivity index (χ4v) is 3.53. The molecule has 4 unspecified atom stereocenters. The Morgan fingerprint density at radius 1 is 1.35 bits per heavy atom. The lowest BCUT2D eigenvalue weighted by molar-refractivity contribution is 0.0856. The second-order valence-electron chi connectivity index (χ2n) is 5.49. The van der Waals surface area contributed by atoms with Crippen LogP contribution < -0.4 is 5.73 Å². The summed E-state index contributed by atoms with van der Waals surface area (Å²) in [5.74, 6) is 1.34. The van der Waals surface area contributed by atoms with E-state index in [9.17, 15) is 4.79 Å². The van der Waals surface area contributed by atoms with E-state index in [1.807, 2.05) is 19.1 Å². The molecule has 0 amide bonds. The summed E-state index contributed by atoms with van der Waals surface area (Å²) < 4.78 is 0. The monoisotopic (exact) mass is 230 g/mol. The van der Waals surface area contributed by atoms with Crippen molar-refractivity contribution in [1.82, 2.24) is 4.98 Å². The summed E-state index contributed by atoms with van der Waals surface area (Å²) in [6, 6.07) is 3.84. The Morgan fingerprint density at radius 2 is 2.12 bits per heavy atom. The first kappa shape index (κ1) is 10.9. The van der Waals surface area contributed by atoms with E-state index in [1.54, 1.807) is 6.20 Å². The topological polar surface area (TPSA) is 56.0 Å². The van der Waals surface area contributed by atoms with E-state index in [4.69, 9.17) is 5.73 Å². The van der Waals surface area contributed by atoms with Crippen molar-refractivity contribution in [2.45, 2.75) is 32.2 Å². The van der Waals surface area contributed by atoms with Gasteiger partial charge < -0.3 is 5.73 Å². The highest BCUT2D eigenvalue weighted by molar-refractivity contribution is 5.98. The minimum Gasteiger partial charge on any atom is -0.327 e. The highest BCUT2D eigenvalue weighted by Crippen LogP contribution is 2.48. The van der Waals surface area contributed by atoms with Crippen LogP contribution in [0.4, 0.5) is 0 Å². The molecular weight excluding hydrogens is 212 g/mol. The Hall–Kier alpha value is -1.22. The summed E-state index contributed by atoms with van der Waals surface area (Å²) in [5, 5.41) is 0. The Kier molecular flexibility index (Phi) is 2.51. The van der Waals surface area contributed by atoms with Gasteiger partial charge in [0.05, 0.1) is 0 Å². The van der Waals surface area contributed by atoms with Crippen LogP contribution in [-0.2, 0) is 0 Å². The maximum Gasteiger partial charge on any atom is 0.169 e. The zero-order valence-electron chi connectivity index (χ0n) is 10.1. The average Bonchev–Trinajstić information content (AvgIpc) is 2.89. The van der Waals surface area contributed by atoms with Gasteiger partial charge >= 0.3 is 0 Å². The maximum atomic E-state index is 12.4. The molecule has 0 radical (unpaired) electrons. The number of pyridine rings is 1. The van der Waals surface area contributed by atoms with Gasteiger partial charge in [0, 0.05) is 29.4 Å². The van der Waals surface area contributed by atoms with E-state index in [1.165, 1.54) is 12.8 Å². The van der Waals surface area contributed by atoms with Crippen LogP contribution in [0.15, 0.2) is 18.3 Å². The Labute approximate surface area is 101 Å². The zero-order chi connectivity index (χ0) is 12.0. The van der Waals surface area contributed by atoms with Crippen molar-refractivity contribution in [3.63, 3.8) is 0 Å². The van der Waals surface area contributed by atoms with Crippen LogP contribution in [0.2, 0.25) is 0 Å². The average molecular weight is 230 g/mol. The second kappa shape index (κ2) is 3.91. The van der Waals surface area contributed by atoms with Crippen molar-refractivity contribution >= 4 is 5.78 Å². The van der Waals surface area contributed by atoms with Gasteiger partial charge in [-0.1, -0.05) is 0 Å². The fourth-order valence-electron chi connectivity index (χ4n) is 3.53. The fraction of sp³-hybridized carbons (Fsp3) is 0.571. The maximum absolute atomic E-state index is 12.4. The van der Waals surface area contributed by atoms with Gasteiger partial charge in [0.15, 0.2) is 5.78 Å². The van der Waals surface area contributed by atoms with E-state index in [0.717, 1.165) is 17.7 Å². The first-order chi connectivity index (χ1) is 8.16. The van der Waals surface area contributed by atoms with Gasteiger partial charge in [-0.3, -0.25) is 9.78 Å². The molecule has 2 N–H and O–H groups in total. The molecule has 4 atom stereocenters. The molecule has 2 bridgehead atoms. The molecule has 1 aromatic heterocycles. The number of hydrogen-bond donors (Lipinski definition) is 1. The number of hydrogen-bond acceptors (Lipinski definition) is 3. The van der Waals surface area contributed by atoms with Gasteiger partial charge in [-0.2, -0.15) is 0 Å². The Balaban J connectivity index is 1.85. The molecule has 2 aliphatic rings. The second-order valence-corrected chi connectivity index (χ2v) is 5.49. The van der Waals surface area contributed by atoms with Crippen LogP contribution in [-0.4, -0.2) is 16.8 Å². The Morgan fingerprint density at radius 3 is 2.71 bits per heavy atom. The molecule has 3 rings (SSSR count). The van der Waals surface area contributed by atoms with Crippen LogP contribution in [0.1, 0.15) is 35.3 Å². The lowest BCUT2D eigenvalue weighted by Gasteiger charge is -2.26. The van der Waals surface area contributed by atoms with Gasteiger partial charge in [-0.15, -0.1) is 0 Å². The molecule has 0 spiro atoms. The summed E-state index contributed by atoms with van der Waals surface area (Å²) in [6.45, 7) is 1.93. The van der Waals surface area contributed by atoms with Crippen molar-refractivity contribution in [3.05, 3.63) is 29.6 Å². The lowest BCUT2D eigenvalue weighted by atomic mass is 9.80. The number of rotatable bonds is 2. The first-order valence-corrected chi connectivity index (χ1v) is 6.39. The number of ketones is 1. The predicted molar refractivity (Wildman–Crippen MR) is 65.6 cm³/mol. The van der Waals surface area contributed by atoms with Gasteiger partial charge in [0.2, 0.25) is 0 Å². The van der Waals surface area contributed by atoms with E-state index >= 15 is 0 Å². The zero-order valence-corrected chi connectivity index (χ0v) is 10.1. The molecule has 1 aromatic rings. The highest BCUT2D eigenvalue weighted by Gasteiger charge is 2.49. The first-order valence-electron chi connectivity index (χ1n) is 6.39. The van der Waals surface area contributed by atoms with E-state index in [-0.39, 0.29) is 17.7 Å². The number of carbonyl (C=O) groups is 1. The minimum atomic E-state index is 0.0401. The van der Waals surface area contributed by atoms with Crippen LogP contribution in [0.5, 0.6) is 0 Å². The number of aryl methyl sites for hydroxylation is 1. The molecule has 1 heterocycles. The molecule has 2 aliphatic carbocycles. The van der Waals surface area contributed by atoms with Crippen molar-refractivity contribution in [2.24, 2.45) is 23.5 Å². The molecule has 0 aromatic carbocycles. The highest BCUT2D eigenvalue weighted by atomic mass is 16.1. The minimum absolute atomic E-state index is 0.0401. The van der Waals surface area contributed by atoms with Crippen LogP contribution >= 0.6 is 0 Å². The van der Waals surface area contributed by atoms with Crippen molar-refractivity contribution in [1.29, 1.82) is 0 Å². The standard InChI is InChI=1S/C14H18N2O/c1-8-2-3-11(7-16-8)14(17)12-9-4-5-10(6-9)13(12)15/h2-3,7,9-10,12-13H,4-6,15H2,1H3. The SMILES string of the molecule is Cc1ccc(C(=O)C2C3CCC(C3)C2N)cn1. The van der Waals surface area contributed by atoms with E-state index in [0.29, 0.717) is 11.8 Å². The van der Waals surface area contributed by atoms with E-state index in [2.05, 4.69) is 4.98 Å². The summed E-state index contributed by atoms with van der Waals surface area (Å²) in [6.07, 6.45) is 5.23. The quantitative estimate of drug-likeness (QED) is 0.790. The van der Waals surface area contributed by atoms with Gasteiger partial charge in [0.1, 0.15) is 0 Å². The number of nitrogens with zero attached hydrogens (tertiary/aromatic N) is 1. The lowest BCUT2D eigenvalue weighted by Crippen LogP contribution is -2.40. The molecule has 2 fully saturated rings. The normalized spacial score (nSPS) is 35.2. The summed E-state index contributed by atoms with van der Waals surface area (Å²) in [7, 11) is 0. The summed E-state index contributed by atoms with van der Waals surface area (Å²) >= 11 is 0. The molecule has 90 valence electrons. The van der Waals surface area contributed by atoms with Gasteiger partial charge in [0.25, 0.3) is 0 Å². The largest absolute Gasteiger partial charge is 0.327 e. The van der Waals surface area contributed by atoms with Gasteiger partial charge in [-0.25, -0.2) is 0 Å². The predicted octanol–water partition coefficient (Wildman–Crippen LogP) is 1.95. The third kappa shape index (κ3) is 1.69. The molecule has 3 heteroatoms. The van der Waals surface area contributed by atoms with Gasteiger partial charge in [-0.05, 0) is 50.2 Å². The number of Topliss-reactive ketones (excluding diaryl/α,β-unsaturated/α-hetero) is 1. The summed E-state index contributed by atoms with van der Waals surface area (Å²) in [4.78, 5) is 16.6. The van der Waals surface area contributed by atoms with Crippen LogP contribution in [0.25, 0.3) is 0 Å². The summed E-state index contributed by atoms with van der Waals surface area (Å²) in [5.41, 5.74) is 7.86. The number of aromatic nitrogens is 1. The van der Waals surface area contributed by atoms with Crippen molar-refractivity contribution in [2.75, 3.05) is 0 Å². The number of nitrogens with two attached hydrogens (primary N) is 1. The van der Waals surface area contributed by atoms with E-state index < -0.39 is 0 Å². The van der Waals surface area contributed by atoms with Crippen LogP contribution in [0, 0.1) is 24.7 Å².